The predicted octanol–water partition coefficient (Wildman–Crippen LogP) is 3.76. The Morgan fingerprint density at radius 3 is 2.54 bits per heavy atom. The van der Waals surface area contributed by atoms with Crippen LogP contribution in [0.15, 0.2) is 39.9 Å². The van der Waals surface area contributed by atoms with Crippen molar-refractivity contribution in [1.82, 2.24) is 9.13 Å². The molecule has 0 aliphatic heterocycles. The van der Waals surface area contributed by atoms with Crippen molar-refractivity contribution in [2.45, 2.75) is 58.5 Å². The fourth-order valence-electron chi connectivity index (χ4n) is 3.92. The number of hydrogen-bond acceptors (Lipinski definition) is 3. The number of hydrogen-bond donors (Lipinski definition) is 0. The lowest BCUT2D eigenvalue weighted by Crippen LogP contribution is -2.40. The van der Waals surface area contributed by atoms with Crippen molar-refractivity contribution in [3.8, 4) is 0 Å². The highest BCUT2D eigenvalue weighted by molar-refractivity contribution is 7.18. The van der Waals surface area contributed by atoms with Crippen LogP contribution in [0.25, 0.3) is 10.2 Å². The molecule has 136 valence electrons. The minimum atomic E-state index is -0.154. The second kappa shape index (κ2) is 7.23. The SMILES string of the molecule is CCCn1c(=O)n(CCc2ccccc2)c(=O)c2c3c(sc21)CCCC3. The van der Waals surface area contributed by atoms with Crippen molar-refractivity contribution < 1.29 is 0 Å². The van der Waals surface area contributed by atoms with E-state index in [0.29, 0.717) is 19.5 Å². The molecule has 0 atom stereocenters. The summed E-state index contributed by atoms with van der Waals surface area (Å²) >= 11 is 1.67. The molecule has 2 aromatic heterocycles. The summed E-state index contributed by atoms with van der Waals surface area (Å²) in [5.74, 6) is 0. The van der Waals surface area contributed by atoms with E-state index in [1.807, 2.05) is 34.9 Å². The van der Waals surface area contributed by atoms with Crippen molar-refractivity contribution in [1.29, 1.82) is 0 Å². The summed E-state index contributed by atoms with van der Waals surface area (Å²) in [6.07, 6.45) is 5.90. The van der Waals surface area contributed by atoms with E-state index in [1.165, 1.54) is 21.4 Å². The highest BCUT2D eigenvalue weighted by Gasteiger charge is 2.23. The molecule has 1 aromatic carbocycles. The molecule has 0 saturated heterocycles. The van der Waals surface area contributed by atoms with Crippen LogP contribution >= 0.6 is 11.3 Å². The summed E-state index contributed by atoms with van der Waals surface area (Å²) in [6, 6.07) is 10.0. The van der Waals surface area contributed by atoms with Crippen molar-refractivity contribution in [3.63, 3.8) is 0 Å². The monoisotopic (exact) mass is 368 g/mol. The average molecular weight is 369 g/mol. The van der Waals surface area contributed by atoms with Gasteiger partial charge in [0.1, 0.15) is 4.83 Å². The van der Waals surface area contributed by atoms with Crippen molar-refractivity contribution in [2.75, 3.05) is 0 Å². The molecule has 3 aromatic rings. The zero-order valence-corrected chi connectivity index (χ0v) is 16.0. The van der Waals surface area contributed by atoms with Gasteiger partial charge in [0.05, 0.1) is 5.39 Å². The molecule has 4 rings (SSSR count). The van der Waals surface area contributed by atoms with E-state index in [-0.39, 0.29) is 11.2 Å². The predicted molar refractivity (Wildman–Crippen MR) is 107 cm³/mol. The molecule has 5 heteroatoms. The maximum absolute atomic E-state index is 13.2. The zero-order valence-electron chi connectivity index (χ0n) is 15.2. The lowest BCUT2D eigenvalue weighted by molar-refractivity contribution is 0.565. The Kier molecular flexibility index (Phi) is 4.81. The Labute approximate surface area is 156 Å². The first-order valence-electron chi connectivity index (χ1n) is 9.52. The second-order valence-corrected chi connectivity index (χ2v) is 8.10. The molecule has 1 aliphatic rings. The third kappa shape index (κ3) is 2.94. The topological polar surface area (TPSA) is 44.0 Å². The van der Waals surface area contributed by atoms with E-state index in [4.69, 9.17) is 0 Å². The number of aryl methyl sites for hydroxylation is 4. The van der Waals surface area contributed by atoms with Crippen LogP contribution in [-0.4, -0.2) is 9.13 Å². The molecule has 1 aliphatic carbocycles. The summed E-state index contributed by atoms with van der Waals surface area (Å²) in [7, 11) is 0. The van der Waals surface area contributed by atoms with Gasteiger partial charge in [-0.2, -0.15) is 0 Å². The number of rotatable bonds is 5. The second-order valence-electron chi connectivity index (χ2n) is 7.02. The minimum absolute atomic E-state index is 0.0901. The fourth-order valence-corrected chi connectivity index (χ4v) is 5.32. The first-order valence-corrected chi connectivity index (χ1v) is 10.3. The van der Waals surface area contributed by atoms with Gasteiger partial charge in [-0.15, -0.1) is 11.3 Å². The lowest BCUT2D eigenvalue weighted by Gasteiger charge is -2.13. The Morgan fingerprint density at radius 1 is 1.00 bits per heavy atom. The smallest absolute Gasteiger partial charge is 0.284 e. The highest BCUT2D eigenvalue weighted by Crippen LogP contribution is 2.34. The average Bonchev–Trinajstić information content (AvgIpc) is 3.05. The molecule has 0 amide bonds. The Bertz CT molecular complexity index is 1040. The van der Waals surface area contributed by atoms with Crippen molar-refractivity contribution in [3.05, 3.63) is 67.2 Å². The molecule has 0 unspecified atom stereocenters. The first kappa shape index (κ1) is 17.3. The molecular weight excluding hydrogens is 344 g/mol. The summed E-state index contributed by atoms with van der Waals surface area (Å²) in [5, 5.41) is 0.811. The minimum Gasteiger partial charge on any atom is -0.284 e. The van der Waals surface area contributed by atoms with Gasteiger partial charge in [0.2, 0.25) is 0 Å². The van der Waals surface area contributed by atoms with Crippen LogP contribution in [0.1, 0.15) is 42.2 Å². The van der Waals surface area contributed by atoms with E-state index >= 15 is 0 Å². The van der Waals surface area contributed by atoms with Crippen LogP contribution in [-0.2, 0) is 32.4 Å². The summed E-state index contributed by atoms with van der Waals surface area (Å²) in [4.78, 5) is 28.5. The molecule has 0 spiro atoms. The fraction of sp³-hybridized carbons (Fsp3) is 0.429. The van der Waals surface area contributed by atoms with Gasteiger partial charge in [0.15, 0.2) is 0 Å². The number of thiophene rings is 1. The van der Waals surface area contributed by atoms with Gasteiger partial charge >= 0.3 is 5.69 Å². The highest BCUT2D eigenvalue weighted by atomic mass is 32.1. The molecule has 2 heterocycles. The first-order chi connectivity index (χ1) is 12.7. The molecule has 4 nitrogen and oxygen atoms in total. The van der Waals surface area contributed by atoms with E-state index < -0.39 is 0 Å². The van der Waals surface area contributed by atoms with E-state index in [2.05, 4.69) is 6.92 Å². The molecule has 0 radical (unpaired) electrons. The van der Waals surface area contributed by atoms with Crippen molar-refractivity contribution >= 4 is 21.6 Å². The van der Waals surface area contributed by atoms with Crippen molar-refractivity contribution in [2.24, 2.45) is 0 Å². The maximum Gasteiger partial charge on any atom is 0.332 e. The van der Waals surface area contributed by atoms with Crippen LogP contribution in [0, 0.1) is 0 Å². The molecule has 0 N–H and O–H groups in total. The van der Waals surface area contributed by atoms with Gasteiger partial charge in [-0.1, -0.05) is 37.3 Å². The summed E-state index contributed by atoms with van der Waals surface area (Å²) in [6.45, 7) is 3.18. The van der Waals surface area contributed by atoms with Crippen LogP contribution in [0.4, 0.5) is 0 Å². The lowest BCUT2D eigenvalue weighted by atomic mass is 9.97. The number of fused-ring (bicyclic) bond motifs is 3. The summed E-state index contributed by atoms with van der Waals surface area (Å²) < 4.78 is 3.30. The largest absolute Gasteiger partial charge is 0.332 e. The third-order valence-electron chi connectivity index (χ3n) is 5.23. The Balaban J connectivity index is 1.86. The van der Waals surface area contributed by atoms with Gasteiger partial charge in [-0.25, -0.2) is 4.79 Å². The standard InChI is InChI=1S/C21H24N2O2S/c1-2-13-23-20-18(16-10-6-7-11-17(16)26-20)19(24)22(21(23)25)14-12-15-8-4-3-5-9-15/h3-5,8-9H,2,6-7,10-14H2,1H3. The van der Waals surface area contributed by atoms with Gasteiger partial charge in [-0.3, -0.25) is 13.9 Å². The molecule has 0 bridgehead atoms. The maximum atomic E-state index is 13.2. The number of nitrogens with zero attached hydrogens (tertiary/aromatic N) is 2. The number of aromatic nitrogens is 2. The molecule has 26 heavy (non-hydrogen) atoms. The van der Waals surface area contributed by atoms with E-state index in [9.17, 15) is 9.59 Å². The summed E-state index contributed by atoms with van der Waals surface area (Å²) in [5.41, 5.74) is 2.11. The normalized spacial score (nSPS) is 13.9. The van der Waals surface area contributed by atoms with Crippen LogP contribution < -0.4 is 11.2 Å². The molecule has 0 fully saturated rings. The van der Waals surface area contributed by atoms with Gasteiger partial charge in [0.25, 0.3) is 5.56 Å². The Hall–Kier alpha value is -2.14. The van der Waals surface area contributed by atoms with Gasteiger partial charge in [0, 0.05) is 18.0 Å². The Morgan fingerprint density at radius 2 is 1.77 bits per heavy atom. The quantitative estimate of drug-likeness (QED) is 0.688. The molecule has 0 saturated carbocycles. The van der Waals surface area contributed by atoms with E-state index in [0.717, 1.165) is 41.5 Å². The molecular formula is C21H24N2O2S. The van der Waals surface area contributed by atoms with Crippen LogP contribution in [0.3, 0.4) is 0 Å². The van der Waals surface area contributed by atoms with Crippen LogP contribution in [0.2, 0.25) is 0 Å². The number of benzene rings is 1. The zero-order chi connectivity index (χ0) is 18.1. The third-order valence-corrected chi connectivity index (χ3v) is 6.55. The van der Waals surface area contributed by atoms with Crippen LogP contribution in [0.5, 0.6) is 0 Å². The van der Waals surface area contributed by atoms with Gasteiger partial charge in [-0.05, 0) is 49.7 Å². The van der Waals surface area contributed by atoms with E-state index in [1.54, 1.807) is 11.3 Å². The van der Waals surface area contributed by atoms with Gasteiger partial charge < -0.3 is 0 Å².